The molecule has 2 fully saturated rings. The molecule has 5 rings (SSSR count). The minimum atomic E-state index is -0.110. The van der Waals surface area contributed by atoms with Crippen molar-refractivity contribution in [3.8, 4) is 16.9 Å². The molecule has 0 unspecified atom stereocenters. The van der Waals surface area contributed by atoms with Crippen molar-refractivity contribution in [2.75, 3.05) is 18.6 Å². The SMILES string of the molecule is COc1ccc(C2CCC(CN(C(=O)C3CCC(CC(C)=O)CC3)c3cc(-c4cnn(C(C)(C)C)c4)ccn3)CC2)cc1C. The van der Waals surface area contributed by atoms with Crippen LogP contribution in [0.1, 0.15) is 103 Å². The van der Waals surface area contributed by atoms with Crippen molar-refractivity contribution in [3.05, 3.63) is 60.0 Å². The summed E-state index contributed by atoms with van der Waals surface area (Å²) in [4.78, 5) is 32.7. The highest BCUT2D eigenvalue weighted by molar-refractivity contribution is 5.94. The van der Waals surface area contributed by atoms with Crippen molar-refractivity contribution in [1.29, 1.82) is 0 Å². The molecule has 2 heterocycles. The summed E-state index contributed by atoms with van der Waals surface area (Å²) in [6.07, 6.45) is 14.4. The van der Waals surface area contributed by atoms with Gasteiger partial charge in [0.25, 0.3) is 0 Å². The zero-order chi connectivity index (χ0) is 31.4. The van der Waals surface area contributed by atoms with E-state index in [4.69, 9.17) is 9.72 Å². The van der Waals surface area contributed by atoms with E-state index in [1.54, 1.807) is 14.0 Å². The van der Waals surface area contributed by atoms with Crippen LogP contribution in [0, 0.1) is 24.7 Å². The van der Waals surface area contributed by atoms with Gasteiger partial charge in [0.1, 0.15) is 17.4 Å². The third-order valence-electron chi connectivity index (χ3n) is 9.84. The fraction of sp³-hybridized carbons (Fsp3) is 0.568. The summed E-state index contributed by atoms with van der Waals surface area (Å²) in [5, 5.41) is 4.60. The minimum absolute atomic E-state index is 0.0223. The van der Waals surface area contributed by atoms with E-state index in [2.05, 4.69) is 63.3 Å². The van der Waals surface area contributed by atoms with Crippen LogP contribution in [0.2, 0.25) is 0 Å². The molecule has 0 bridgehead atoms. The maximum atomic E-state index is 14.3. The van der Waals surface area contributed by atoms with E-state index in [0.717, 1.165) is 74.1 Å². The second kappa shape index (κ2) is 13.7. The monoisotopic (exact) mass is 598 g/mol. The van der Waals surface area contributed by atoms with E-state index < -0.39 is 0 Å². The summed E-state index contributed by atoms with van der Waals surface area (Å²) in [5.41, 5.74) is 4.51. The van der Waals surface area contributed by atoms with Gasteiger partial charge in [-0.1, -0.05) is 12.1 Å². The first kappa shape index (κ1) is 31.9. The Hall–Kier alpha value is -3.48. The van der Waals surface area contributed by atoms with E-state index in [0.29, 0.717) is 30.7 Å². The van der Waals surface area contributed by atoms with Crippen LogP contribution in [-0.2, 0) is 15.1 Å². The van der Waals surface area contributed by atoms with Crippen LogP contribution in [0.3, 0.4) is 0 Å². The Labute approximate surface area is 263 Å². The summed E-state index contributed by atoms with van der Waals surface area (Å²) >= 11 is 0. The average molecular weight is 599 g/mol. The molecule has 0 spiro atoms. The van der Waals surface area contributed by atoms with Gasteiger partial charge in [-0.25, -0.2) is 4.98 Å². The van der Waals surface area contributed by atoms with Crippen molar-refractivity contribution in [2.24, 2.45) is 17.8 Å². The number of benzene rings is 1. The predicted molar refractivity (Wildman–Crippen MR) is 176 cm³/mol. The Morgan fingerprint density at radius 3 is 2.27 bits per heavy atom. The fourth-order valence-corrected chi connectivity index (χ4v) is 7.21. The Morgan fingerprint density at radius 2 is 1.66 bits per heavy atom. The van der Waals surface area contributed by atoms with E-state index in [1.807, 2.05) is 28.0 Å². The number of carbonyl (C=O) groups is 2. The molecule has 2 aliphatic carbocycles. The van der Waals surface area contributed by atoms with Gasteiger partial charge in [-0.3, -0.25) is 14.4 Å². The first-order valence-electron chi connectivity index (χ1n) is 16.5. The maximum Gasteiger partial charge on any atom is 0.231 e. The molecule has 0 atom stereocenters. The van der Waals surface area contributed by atoms with Crippen molar-refractivity contribution >= 4 is 17.5 Å². The van der Waals surface area contributed by atoms with Crippen LogP contribution in [-0.4, -0.2) is 40.1 Å². The van der Waals surface area contributed by atoms with Gasteiger partial charge in [-0.05, 0) is 139 Å². The third-order valence-corrected chi connectivity index (χ3v) is 9.84. The number of aromatic nitrogens is 3. The van der Waals surface area contributed by atoms with Gasteiger partial charge < -0.3 is 9.53 Å². The van der Waals surface area contributed by atoms with Gasteiger partial charge in [-0.15, -0.1) is 0 Å². The number of amides is 1. The first-order chi connectivity index (χ1) is 21.0. The molecule has 3 aromatic rings. The smallest absolute Gasteiger partial charge is 0.231 e. The Kier molecular flexibility index (Phi) is 9.91. The number of Topliss-reactive ketones (excluding diaryl/α,β-unsaturated/α-hetero) is 1. The Balaban J connectivity index is 1.34. The Morgan fingerprint density at radius 1 is 0.955 bits per heavy atom. The molecule has 2 aliphatic rings. The number of hydrogen-bond acceptors (Lipinski definition) is 5. The van der Waals surface area contributed by atoms with E-state index in [-0.39, 0.29) is 23.1 Å². The summed E-state index contributed by atoms with van der Waals surface area (Å²) in [6, 6.07) is 10.7. The summed E-state index contributed by atoms with van der Waals surface area (Å²) in [6.45, 7) is 10.9. The van der Waals surface area contributed by atoms with E-state index >= 15 is 0 Å². The van der Waals surface area contributed by atoms with Crippen LogP contribution in [0.4, 0.5) is 5.82 Å². The lowest BCUT2D eigenvalue weighted by Gasteiger charge is -2.36. The van der Waals surface area contributed by atoms with Crippen LogP contribution >= 0.6 is 0 Å². The largest absolute Gasteiger partial charge is 0.496 e. The number of carbonyl (C=O) groups excluding carboxylic acids is 2. The maximum absolute atomic E-state index is 14.3. The number of ketones is 1. The van der Waals surface area contributed by atoms with E-state index in [1.165, 1.54) is 11.1 Å². The molecule has 7 nitrogen and oxygen atoms in total. The van der Waals surface area contributed by atoms with Crippen molar-refractivity contribution in [3.63, 3.8) is 0 Å². The lowest BCUT2D eigenvalue weighted by molar-refractivity contribution is -0.124. The lowest BCUT2D eigenvalue weighted by Crippen LogP contribution is -2.42. The number of nitrogens with zero attached hydrogens (tertiary/aromatic N) is 4. The number of pyridine rings is 1. The highest BCUT2D eigenvalue weighted by Gasteiger charge is 2.33. The summed E-state index contributed by atoms with van der Waals surface area (Å²) in [7, 11) is 1.72. The van der Waals surface area contributed by atoms with Crippen LogP contribution in [0.25, 0.3) is 11.1 Å². The zero-order valence-electron chi connectivity index (χ0n) is 27.5. The normalized spacial score (nSPS) is 22.4. The molecule has 1 amide bonds. The molecule has 2 aromatic heterocycles. The lowest BCUT2D eigenvalue weighted by atomic mass is 9.77. The highest BCUT2D eigenvalue weighted by Crippen LogP contribution is 2.39. The second-order valence-electron chi connectivity index (χ2n) is 14.3. The molecule has 1 aromatic carbocycles. The van der Waals surface area contributed by atoms with Gasteiger partial charge in [0.15, 0.2) is 0 Å². The molecule has 0 N–H and O–H groups in total. The standard InChI is InChI=1S/C37H50N4O3/c1-25-19-31(15-16-34(25)44-6)29-11-9-28(10-12-29)23-40(36(43)30-13-7-27(8-14-30)20-26(2)42)35-21-32(17-18-38-35)33-22-39-41(24-33)37(3,4)5/h15-19,21-22,24,27-30H,7-14,20,23H2,1-6H3. The fourth-order valence-electron chi connectivity index (χ4n) is 7.21. The number of anilines is 1. The van der Waals surface area contributed by atoms with Gasteiger partial charge in [-0.2, -0.15) is 5.10 Å². The van der Waals surface area contributed by atoms with Crippen molar-refractivity contribution in [1.82, 2.24) is 14.8 Å². The second-order valence-corrected chi connectivity index (χ2v) is 14.3. The summed E-state index contributed by atoms with van der Waals surface area (Å²) < 4.78 is 7.45. The minimum Gasteiger partial charge on any atom is -0.496 e. The van der Waals surface area contributed by atoms with Crippen LogP contribution < -0.4 is 9.64 Å². The number of rotatable bonds is 9. The number of methoxy groups -OCH3 is 1. The summed E-state index contributed by atoms with van der Waals surface area (Å²) in [5.74, 6) is 3.46. The molecular formula is C37H50N4O3. The zero-order valence-corrected chi connectivity index (χ0v) is 27.5. The first-order valence-corrected chi connectivity index (χ1v) is 16.5. The molecule has 0 radical (unpaired) electrons. The topological polar surface area (TPSA) is 77.3 Å². The van der Waals surface area contributed by atoms with Crippen LogP contribution in [0.15, 0.2) is 48.9 Å². The number of hydrogen-bond donors (Lipinski definition) is 0. The predicted octanol–water partition coefficient (Wildman–Crippen LogP) is 8.11. The Bertz CT molecular complexity index is 1440. The molecule has 236 valence electrons. The number of aryl methyl sites for hydroxylation is 1. The third kappa shape index (κ3) is 7.59. The van der Waals surface area contributed by atoms with Gasteiger partial charge in [0, 0.05) is 36.8 Å². The van der Waals surface area contributed by atoms with Crippen LogP contribution in [0.5, 0.6) is 5.75 Å². The van der Waals surface area contributed by atoms with Crippen molar-refractivity contribution < 1.29 is 14.3 Å². The van der Waals surface area contributed by atoms with Gasteiger partial charge in [0.05, 0.1) is 18.8 Å². The number of ether oxygens (including phenoxy) is 1. The van der Waals surface area contributed by atoms with E-state index in [9.17, 15) is 9.59 Å². The van der Waals surface area contributed by atoms with Gasteiger partial charge >= 0.3 is 0 Å². The van der Waals surface area contributed by atoms with Crippen molar-refractivity contribution in [2.45, 2.75) is 104 Å². The molecule has 44 heavy (non-hydrogen) atoms. The highest BCUT2D eigenvalue weighted by atomic mass is 16.5. The van der Waals surface area contributed by atoms with Gasteiger partial charge in [0.2, 0.25) is 5.91 Å². The molecule has 7 heteroatoms. The molecule has 0 aliphatic heterocycles. The average Bonchev–Trinajstić information content (AvgIpc) is 3.52. The molecule has 0 saturated heterocycles. The molecule has 2 saturated carbocycles. The quantitative estimate of drug-likeness (QED) is 0.249. The molecular weight excluding hydrogens is 548 g/mol.